The van der Waals surface area contributed by atoms with Crippen molar-refractivity contribution in [2.24, 2.45) is 5.10 Å². The lowest BCUT2D eigenvalue weighted by Crippen LogP contribution is -2.33. The Hall–Kier alpha value is -3.27. The summed E-state index contributed by atoms with van der Waals surface area (Å²) in [5.41, 5.74) is 5.81. The molecule has 152 valence electrons. The molecule has 2 atom stereocenters. The van der Waals surface area contributed by atoms with E-state index in [1.807, 2.05) is 18.2 Å². The highest BCUT2D eigenvalue weighted by atomic mass is 16.5. The van der Waals surface area contributed by atoms with Crippen molar-refractivity contribution in [3.05, 3.63) is 95.1 Å². The number of hydrogen-bond acceptors (Lipinski definition) is 4. The van der Waals surface area contributed by atoms with E-state index in [1.165, 1.54) is 16.7 Å². The Morgan fingerprint density at radius 2 is 1.77 bits per heavy atom. The first-order valence-corrected chi connectivity index (χ1v) is 10.6. The molecule has 0 saturated heterocycles. The molecule has 0 radical (unpaired) electrons. The monoisotopic (exact) mass is 398 g/mol. The number of hydrazone groups is 1. The molecule has 0 N–H and O–H groups in total. The molecular formula is C26H26N2O2. The first kappa shape index (κ1) is 18.7. The van der Waals surface area contributed by atoms with Gasteiger partial charge < -0.3 is 9.47 Å². The molecule has 2 heterocycles. The second-order valence-corrected chi connectivity index (χ2v) is 7.94. The van der Waals surface area contributed by atoms with E-state index in [-0.39, 0.29) is 12.3 Å². The van der Waals surface area contributed by atoms with Crippen LogP contribution in [0.25, 0.3) is 0 Å². The number of benzene rings is 3. The van der Waals surface area contributed by atoms with E-state index in [1.54, 1.807) is 0 Å². The van der Waals surface area contributed by atoms with Gasteiger partial charge in [-0.05, 0) is 49.2 Å². The summed E-state index contributed by atoms with van der Waals surface area (Å²) in [6, 6.07) is 25.3. The Balaban J connectivity index is 1.50. The molecular weight excluding hydrogens is 372 g/mol. The molecule has 3 aromatic rings. The third-order valence-electron chi connectivity index (χ3n) is 5.72. The van der Waals surface area contributed by atoms with Gasteiger partial charge in [-0.2, -0.15) is 5.10 Å². The average Bonchev–Trinajstić information content (AvgIpc) is 3.24. The minimum absolute atomic E-state index is 0.173. The maximum absolute atomic E-state index is 6.43. The molecule has 0 saturated carbocycles. The van der Waals surface area contributed by atoms with Gasteiger partial charge in [0.15, 0.2) is 0 Å². The highest BCUT2D eigenvalue weighted by Gasteiger charge is 2.40. The van der Waals surface area contributed by atoms with Crippen LogP contribution >= 0.6 is 0 Å². The van der Waals surface area contributed by atoms with Crippen molar-refractivity contribution < 1.29 is 9.47 Å². The molecule has 0 amide bonds. The lowest BCUT2D eigenvalue weighted by atomic mass is 9.95. The van der Waals surface area contributed by atoms with Gasteiger partial charge >= 0.3 is 0 Å². The minimum atomic E-state index is -0.256. The van der Waals surface area contributed by atoms with Crippen LogP contribution in [-0.4, -0.2) is 17.3 Å². The second-order valence-electron chi connectivity index (χ2n) is 7.94. The zero-order valence-electron chi connectivity index (χ0n) is 17.4. The lowest BCUT2D eigenvalue weighted by Gasteiger charge is -2.38. The zero-order chi connectivity index (χ0) is 20.5. The molecule has 4 nitrogen and oxygen atoms in total. The standard InChI is InChI=1S/C26H26N2O2/c1-3-16-29-21-14-12-20(13-15-21)26-28-24(22-6-4-5-7-25(22)30-26)17-23(27-28)19-10-8-18(2)9-11-19/h4-15,24,26H,3,16-17H2,1-2H3/t24-,26+/m1/s1. The Kier molecular flexibility index (Phi) is 4.91. The molecule has 0 unspecified atom stereocenters. The van der Waals surface area contributed by atoms with Crippen LogP contribution in [0.4, 0.5) is 0 Å². The van der Waals surface area contributed by atoms with Crippen LogP contribution < -0.4 is 9.47 Å². The molecule has 0 aromatic heterocycles. The predicted octanol–water partition coefficient (Wildman–Crippen LogP) is 6.03. The summed E-state index contributed by atoms with van der Waals surface area (Å²) in [6.45, 7) is 4.95. The Morgan fingerprint density at radius 3 is 2.53 bits per heavy atom. The third-order valence-corrected chi connectivity index (χ3v) is 5.72. The van der Waals surface area contributed by atoms with Gasteiger partial charge in [-0.25, -0.2) is 5.01 Å². The molecule has 30 heavy (non-hydrogen) atoms. The van der Waals surface area contributed by atoms with Crippen LogP contribution in [0.5, 0.6) is 11.5 Å². The number of hydrogen-bond donors (Lipinski definition) is 0. The summed E-state index contributed by atoms with van der Waals surface area (Å²) >= 11 is 0. The van der Waals surface area contributed by atoms with Crippen molar-refractivity contribution in [3.8, 4) is 11.5 Å². The largest absolute Gasteiger partial charge is 0.494 e. The van der Waals surface area contributed by atoms with Crippen molar-refractivity contribution >= 4 is 5.71 Å². The highest BCUT2D eigenvalue weighted by molar-refractivity contribution is 6.02. The van der Waals surface area contributed by atoms with Crippen molar-refractivity contribution in [3.63, 3.8) is 0 Å². The Labute approximate surface area is 177 Å². The quantitative estimate of drug-likeness (QED) is 0.526. The van der Waals surface area contributed by atoms with Crippen molar-refractivity contribution in [1.29, 1.82) is 0 Å². The van der Waals surface area contributed by atoms with Gasteiger partial charge in [0.05, 0.1) is 18.4 Å². The van der Waals surface area contributed by atoms with E-state index in [4.69, 9.17) is 14.6 Å². The van der Waals surface area contributed by atoms with E-state index in [0.717, 1.165) is 42.2 Å². The molecule has 0 bridgehead atoms. The van der Waals surface area contributed by atoms with Crippen LogP contribution in [-0.2, 0) is 0 Å². The molecule has 0 aliphatic carbocycles. The maximum atomic E-state index is 6.43. The van der Waals surface area contributed by atoms with Gasteiger partial charge in [0.25, 0.3) is 0 Å². The van der Waals surface area contributed by atoms with Crippen LogP contribution in [0.2, 0.25) is 0 Å². The summed E-state index contributed by atoms with van der Waals surface area (Å²) in [7, 11) is 0. The van der Waals surface area contributed by atoms with E-state index in [0.29, 0.717) is 0 Å². The van der Waals surface area contributed by atoms with Crippen LogP contribution in [0.3, 0.4) is 0 Å². The highest BCUT2D eigenvalue weighted by Crippen LogP contribution is 2.47. The number of para-hydroxylation sites is 1. The summed E-state index contributed by atoms with van der Waals surface area (Å²) in [5, 5.41) is 7.16. The number of nitrogens with zero attached hydrogens (tertiary/aromatic N) is 2. The van der Waals surface area contributed by atoms with Gasteiger partial charge in [-0.3, -0.25) is 0 Å². The summed E-state index contributed by atoms with van der Waals surface area (Å²) < 4.78 is 12.2. The summed E-state index contributed by atoms with van der Waals surface area (Å²) in [6.07, 6.45) is 1.61. The molecule has 0 fully saturated rings. The summed E-state index contributed by atoms with van der Waals surface area (Å²) in [4.78, 5) is 0. The smallest absolute Gasteiger partial charge is 0.213 e. The fourth-order valence-electron chi connectivity index (χ4n) is 4.12. The Bertz CT molecular complexity index is 1060. The zero-order valence-corrected chi connectivity index (χ0v) is 17.4. The lowest BCUT2D eigenvalue weighted by molar-refractivity contribution is -0.0190. The van der Waals surface area contributed by atoms with E-state index in [9.17, 15) is 0 Å². The molecule has 2 aliphatic heterocycles. The third kappa shape index (κ3) is 3.43. The fraction of sp³-hybridized carbons (Fsp3) is 0.269. The van der Waals surface area contributed by atoms with Crippen molar-refractivity contribution in [2.75, 3.05) is 6.61 Å². The predicted molar refractivity (Wildman–Crippen MR) is 119 cm³/mol. The van der Waals surface area contributed by atoms with E-state index >= 15 is 0 Å². The molecule has 5 rings (SSSR count). The number of rotatable bonds is 5. The topological polar surface area (TPSA) is 34.1 Å². The normalized spacial score (nSPS) is 19.5. The van der Waals surface area contributed by atoms with Crippen LogP contribution in [0, 0.1) is 6.92 Å². The Morgan fingerprint density at radius 1 is 1.00 bits per heavy atom. The molecule has 3 aromatic carbocycles. The summed E-state index contributed by atoms with van der Waals surface area (Å²) in [5.74, 6) is 1.83. The van der Waals surface area contributed by atoms with E-state index < -0.39 is 0 Å². The van der Waals surface area contributed by atoms with Gasteiger partial charge in [-0.15, -0.1) is 0 Å². The molecule has 0 spiro atoms. The SMILES string of the molecule is CCCOc1ccc([C@@H]2Oc3ccccc3[C@H]3CC(c4ccc(C)cc4)=NN32)cc1. The molecule has 2 aliphatic rings. The number of aryl methyl sites for hydroxylation is 1. The number of fused-ring (bicyclic) bond motifs is 3. The van der Waals surface area contributed by atoms with Crippen molar-refractivity contribution in [1.82, 2.24) is 5.01 Å². The van der Waals surface area contributed by atoms with Crippen LogP contribution in [0.15, 0.2) is 77.9 Å². The van der Waals surface area contributed by atoms with Gasteiger partial charge in [0.2, 0.25) is 6.23 Å². The van der Waals surface area contributed by atoms with Gasteiger partial charge in [-0.1, -0.05) is 55.0 Å². The average molecular weight is 399 g/mol. The van der Waals surface area contributed by atoms with Gasteiger partial charge in [0.1, 0.15) is 11.5 Å². The fourth-order valence-corrected chi connectivity index (χ4v) is 4.12. The van der Waals surface area contributed by atoms with Gasteiger partial charge in [0, 0.05) is 17.5 Å². The second kappa shape index (κ2) is 7.86. The molecule has 4 heteroatoms. The van der Waals surface area contributed by atoms with Crippen LogP contribution in [0.1, 0.15) is 54.3 Å². The minimum Gasteiger partial charge on any atom is -0.494 e. The van der Waals surface area contributed by atoms with E-state index in [2.05, 4.69) is 73.5 Å². The first-order valence-electron chi connectivity index (χ1n) is 10.6. The first-order chi connectivity index (χ1) is 14.7. The maximum Gasteiger partial charge on any atom is 0.213 e. The van der Waals surface area contributed by atoms with Crippen molar-refractivity contribution in [2.45, 2.75) is 39.0 Å². The number of ether oxygens (including phenoxy) is 2.